The van der Waals surface area contributed by atoms with Crippen molar-refractivity contribution in [2.24, 2.45) is 5.73 Å². The number of pyridine rings is 1. The molecule has 0 unspecified atom stereocenters. The van der Waals surface area contributed by atoms with Crippen LogP contribution in [-0.2, 0) is 6.61 Å². The van der Waals surface area contributed by atoms with E-state index in [4.69, 9.17) is 10.5 Å². The van der Waals surface area contributed by atoms with Gasteiger partial charge in [0.1, 0.15) is 12.4 Å². The van der Waals surface area contributed by atoms with Crippen LogP contribution in [0.25, 0.3) is 0 Å². The first kappa shape index (κ1) is 13.1. The van der Waals surface area contributed by atoms with Gasteiger partial charge in [0.25, 0.3) is 0 Å². The monoisotopic (exact) mass is 252 g/mol. The number of benzene rings is 1. The third-order valence-electron chi connectivity index (χ3n) is 2.65. The molecule has 1 aromatic heterocycles. The van der Waals surface area contributed by atoms with Gasteiger partial charge in [-0.25, -0.2) is 0 Å². The summed E-state index contributed by atoms with van der Waals surface area (Å²) in [5, 5.41) is 0. The highest BCUT2D eigenvalue weighted by Gasteiger charge is 1.99. The number of hydrogen-bond donors (Lipinski definition) is 1. The van der Waals surface area contributed by atoms with Crippen molar-refractivity contribution in [2.75, 3.05) is 6.54 Å². The molecule has 19 heavy (non-hydrogen) atoms. The van der Waals surface area contributed by atoms with Crippen LogP contribution in [0.2, 0.25) is 0 Å². The van der Waals surface area contributed by atoms with Crippen molar-refractivity contribution in [3.8, 4) is 17.6 Å². The molecule has 2 rings (SSSR count). The second-order valence-electron chi connectivity index (χ2n) is 4.13. The van der Waals surface area contributed by atoms with Crippen molar-refractivity contribution < 1.29 is 4.74 Å². The summed E-state index contributed by atoms with van der Waals surface area (Å²) in [6.45, 7) is 2.90. The van der Waals surface area contributed by atoms with Crippen molar-refractivity contribution in [1.29, 1.82) is 0 Å². The lowest BCUT2D eigenvalue weighted by Gasteiger charge is -2.07. The zero-order chi connectivity index (χ0) is 13.5. The molecule has 0 radical (unpaired) electrons. The number of aryl methyl sites for hydroxylation is 1. The van der Waals surface area contributed by atoms with Gasteiger partial charge in [0, 0.05) is 23.5 Å². The summed E-state index contributed by atoms with van der Waals surface area (Å²) >= 11 is 0. The number of rotatable bonds is 3. The first-order chi connectivity index (χ1) is 9.29. The summed E-state index contributed by atoms with van der Waals surface area (Å²) in [7, 11) is 0. The molecule has 0 saturated carbocycles. The summed E-state index contributed by atoms with van der Waals surface area (Å²) in [6.07, 6.45) is 3.55. The predicted octanol–water partition coefficient (Wildman–Crippen LogP) is 2.28. The average molecular weight is 252 g/mol. The lowest BCUT2D eigenvalue weighted by molar-refractivity contribution is 0.305. The first-order valence-corrected chi connectivity index (χ1v) is 6.11. The Hall–Kier alpha value is -2.31. The number of nitrogens with two attached hydrogens (primary N) is 1. The van der Waals surface area contributed by atoms with Crippen molar-refractivity contribution >= 4 is 0 Å². The Morgan fingerprint density at radius 2 is 2.21 bits per heavy atom. The molecule has 96 valence electrons. The van der Waals surface area contributed by atoms with Gasteiger partial charge in [-0.2, -0.15) is 0 Å². The Kier molecular flexibility index (Phi) is 4.54. The van der Waals surface area contributed by atoms with E-state index in [1.54, 1.807) is 12.4 Å². The van der Waals surface area contributed by atoms with E-state index in [0.29, 0.717) is 13.2 Å². The molecule has 3 nitrogen and oxygen atoms in total. The summed E-state index contributed by atoms with van der Waals surface area (Å²) in [6, 6.07) is 9.74. The van der Waals surface area contributed by atoms with Crippen LogP contribution in [0.4, 0.5) is 0 Å². The molecule has 0 aliphatic heterocycles. The van der Waals surface area contributed by atoms with Crippen molar-refractivity contribution in [3.63, 3.8) is 0 Å². The van der Waals surface area contributed by atoms with Crippen LogP contribution in [0.3, 0.4) is 0 Å². The zero-order valence-corrected chi connectivity index (χ0v) is 10.9. The molecule has 1 heterocycles. The van der Waals surface area contributed by atoms with Gasteiger partial charge < -0.3 is 10.5 Å². The first-order valence-electron chi connectivity index (χ1n) is 6.11. The van der Waals surface area contributed by atoms with E-state index in [-0.39, 0.29) is 0 Å². The number of aromatic nitrogens is 1. The molecule has 0 atom stereocenters. The Labute approximate surface area is 113 Å². The van der Waals surface area contributed by atoms with E-state index in [1.807, 2.05) is 37.3 Å². The van der Waals surface area contributed by atoms with Gasteiger partial charge in [0.15, 0.2) is 0 Å². The third kappa shape index (κ3) is 3.84. The maximum absolute atomic E-state index is 5.72. The van der Waals surface area contributed by atoms with Crippen LogP contribution in [0.1, 0.15) is 16.7 Å². The van der Waals surface area contributed by atoms with E-state index < -0.39 is 0 Å². The summed E-state index contributed by atoms with van der Waals surface area (Å²) in [4.78, 5) is 4.05. The summed E-state index contributed by atoms with van der Waals surface area (Å²) in [5.41, 5.74) is 8.49. The van der Waals surface area contributed by atoms with Gasteiger partial charge in [-0.05, 0) is 36.8 Å². The highest BCUT2D eigenvalue weighted by Crippen LogP contribution is 2.17. The predicted molar refractivity (Wildman–Crippen MR) is 75.7 cm³/mol. The second-order valence-corrected chi connectivity index (χ2v) is 4.13. The molecule has 2 N–H and O–H groups in total. The minimum atomic E-state index is 0.374. The SMILES string of the molecule is Cc1cc(OCc2cccnc2)ccc1C#CCN. The van der Waals surface area contributed by atoms with Crippen LogP contribution in [0.15, 0.2) is 42.7 Å². The fourth-order valence-corrected chi connectivity index (χ4v) is 1.66. The molecule has 0 saturated heterocycles. The number of hydrogen-bond acceptors (Lipinski definition) is 3. The molecule has 0 aliphatic carbocycles. The van der Waals surface area contributed by atoms with Gasteiger partial charge in [0.2, 0.25) is 0 Å². The van der Waals surface area contributed by atoms with Crippen molar-refractivity contribution in [3.05, 3.63) is 59.4 Å². The molecule has 0 spiro atoms. The Balaban J connectivity index is 2.04. The lowest BCUT2D eigenvalue weighted by atomic mass is 10.1. The maximum Gasteiger partial charge on any atom is 0.120 e. The fourth-order valence-electron chi connectivity index (χ4n) is 1.66. The minimum Gasteiger partial charge on any atom is -0.489 e. The van der Waals surface area contributed by atoms with Crippen LogP contribution in [0.5, 0.6) is 5.75 Å². The molecule has 1 aromatic carbocycles. The molecule has 0 aliphatic rings. The molecule has 0 amide bonds. The minimum absolute atomic E-state index is 0.374. The standard InChI is InChI=1S/C16H16N2O/c1-13-10-16(7-6-15(13)5-2-8-17)19-12-14-4-3-9-18-11-14/h3-4,6-7,9-11H,8,12,17H2,1H3. The van der Waals surface area contributed by atoms with E-state index in [9.17, 15) is 0 Å². The normalized spacial score (nSPS) is 9.58. The third-order valence-corrected chi connectivity index (χ3v) is 2.65. The van der Waals surface area contributed by atoms with Gasteiger partial charge in [-0.3, -0.25) is 4.98 Å². The number of nitrogens with zero attached hydrogens (tertiary/aromatic N) is 1. The Morgan fingerprint density at radius 1 is 1.32 bits per heavy atom. The maximum atomic E-state index is 5.72. The summed E-state index contributed by atoms with van der Waals surface area (Å²) < 4.78 is 5.72. The average Bonchev–Trinajstić information content (AvgIpc) is 2.45. The van der Waals surface area contributed by atoms with Crippen LogP contribution >= 0.6 is 0 Å². The largest absolute Gasteiger partial charge is 0.489 e. The molecule has 2 aromatic rings. The highest BCUT2D eigenvalue weighted by atomic mass is 16.5. The van der Waals surface area contributed by atoms with E-state index in [0.717, 1.165) is 22.4 Å². The molecule has 3 heteroatoms. The smallest absolute Gasteiger partial charge is 0.120 e. The lowest BCUT2D eigenvalue weighted by Crippen LogP contribution is -1.97. The van der Waals surface area contributed by atoms with Crippen LogP contribution in [0, 0.1) is 18.8 Å². The Morgan fingerprint density at radius 3 is 2.89 bits per heavy atom. The van der Waals surface area contributed by atoms with Gasteiger partial charge in [-0.15, -0.1) is 0 Å². The van der Waals surface area contributed by atoms with Gasteiger partial charge in [0.05, 0.1) is 6.54 Å². The number of ether oxygens (including phenoxy) is 1. The van der Waals surface area contributed by atoms with Crippen molar-refractivity contribution in [1.82, 2.24) is 4.98 Å². The molecular formula is C16H16N2O. The van der Waals surface area contributed by atoms with E-state index >= 15 is 0 Å². The van der Waals surface area contributed by atoms with Crippen LogP contribution in [-0.4, -0.2) is 11.5 Å². The molecule has 0 fully saturated rings. The zero-order valence-electron chi connectivity index (χ0n) is 10.9. The quantitative estimate of drug-likeness (QED) is 0.852. The van der Waals surface area contributed by atoms with Crippen molar-refractivity contribution in [2.45, 2.75) is 13.5 Å². The topological polar surface area (TPSA) is 48.1 Å². The molecular weight excluding hydrogens is 236 g/mol. The fraction of sp³-hybridized carbons (Fsp3) is 0.188. The van der Waals surface area contributed by atoms with Gasteiger partial charge >= 0.3 is 0 Å². The molecule has 0 bridgehead atoms. The highest BCUT2D eigenvalue weighted by molar-refractivity contribution is 5.44. The van der Waals surface area contributed by atoms with E-state index in [2.05, 4.69) is 16.8 Å². The van der Waals surface area contributed by atoms with Gasteiger partial charge in [-0.1, -0.05) is 17.9 Å². The Bertz CT molecular complexity index is 597. The van der Waals surface area contributed by atoms with E-state index in [1.165, 1.54) is 0 Å². The van der Waals surface area contributed by atoms with Crippen LogP contribution < -0.4 is 10.5 Å². The summed E-state index contributed by atoms with van der Waals surface area (Å²) in [5.74, 6) is 6.72. The second kappa shape index (κ2) is 6.58.